The average Bonchev–Trinajstić information content (AvgIpc) is 2.42. The van der Waals surface area contributed by atoms with Crippen molar-refractivity contribution in [2.24, 2.45) is 0 Å². The van der Waals surface area contributed by atoms with Crippen molar-refractivity contribution in [3.05, 3.63) is 23.3 Å². The highest BCUT2D eigenvalue weighted by molar-refractivity contribution is 5.74. The molecule has 0 radical (unpaired) electrons. The maximum absolute atomic E-state index is 10.8. The summed E-state index contributed by atoms with van der Waals surface area (Å²) in [4.78, 5) is 10.8. The monoisotopic (exact) mass is 292 g/mol. The number of benzene rings is 1. The Hall–Kier alpha value is -2.17. The zero-order valence-electron chi connectivity index (χ0n) is 12.7. The van der Waals surface area contributed by atoms with Crippen LogP contribution >= 0.6 is 0 Å². The maximum Gasteiger partial charge on any atom is 0.303 e. The second-order valence-electron chi connectivity index (χ2n) is 5.45. The van der Waals surface area contributed by atoms with E-state index < -0.39 is 11.6 Å². The highest BCUT2D eigenvalue weighted by atomic mass is 16.5. The molecule has 0 aromatic heterocycles. The first-order valence-corrected chi connectivity index (χ1v) is 6.76. The number of ether oxygens (including phenoxy) is 3. The molecule has 1 aliphatic rings. The van der Waals surface area contributed by atoms with Gasteiger partial charge in [0.05, 0.1) is 19.8 Å². The lowest BCUT2D eigenvalue weighted by molar-refractivity contribution is -0.136. The molecule has 114 valence electrons. The minimum atomic E-state index is -0.843. The summed E-state index contributed by atoms with van der Waals surface area (Å²) in [7, 11) is 3.13. The van der Waals surface area contributed by atoms with Crippen LogP contribution in [0.4, 0.5) is 0 Å². The van der Waals surface area contributed by atoms with Crippen molar-refractivity contribution in [2.45, 2.75) is 32.3 Å². The molecule has 0 spiro atoms. The third-order valence-corrected chi connectivity index (χ3v) is 3.36. The standard InChI is InChI=1S/C16H20O5/c1-16(2)8-7-11-14(21-16)10(5-6-13(17)18)9-12(19-3)15(11)20-4/h7-9H,5-6H2,1-4H3,(H,17,18). The van der Waals surface area contributed by atoms with Crippen molar-refractivity contribution in [1.82, 2.24) is 0 Å². The minimum absolute atomic E-state index is 0.0371. The summed E-state index contributed by atoms with van der Waals surface area (Å²) in [6, 6.07) is 1.79. The molecule has 0 fully saturated rings. The van der Waals surface area contributed by atoms with Crippen LogP contribution in [0.1, 0.15) is 31.4 Å². The van der Waals surface area contributed by atoms with Gasteiger partial charge in [0.25, 0.3) is 0 Å². The molecule has 0 aliphatic carbocycles. The fourth-order valence-corrected chi connectivity index (χ4v) is 2.34. The summed E-state index contributed by atoms with van der Waals surface area (Å²) in [6.07, 6.45) is 4.29. The Morgan fingerprint density at radius 3 is 2.62 bits per heavy atom. The molecule has 5 heteroatoms. The Labute approximate surface area is 124 Å². The minimum Gasteiger partial charge on any atom is -0.493 e. The highest BCUT2D eigenvalue weighted by Gasteiger charge is 2.28. The van der Waals surface area contributed by atoms with Gasteiger partial charge in [-0.1, -0.05) is 0 Å². The Morgan fingerprint density at radius 1 is 1.33 bits per heavy atom. The fourth-order valence-electron chi connectivity index (χ4n) is 2.34. The molecule has 0 amide bonds. The van der Waals surface area contributed by atoms with Gasteiger partial charge in [-0.15, -0.1) is 0 Å². The molecular weight excluding hydrogens is 272 g/mol. The van der Waals surface area contributed by atoms with Gasteiger partial charge in [-0.05, 0) is 44.1 Å². The lowest BCUT2D eigenvalue weighted by Gasteiger charge is -2.31. The number of hydrogen-bond acceptors (Lipinski definition) is 4. The Kier molecular flexibility index (Phi) is 4.11. The van der Waals surface area contributed by atoms with Crippen LogP contribution in [0.5, 0.6) is 17.2 Å². The summed E-state index contributed by atoms with van der Waals surface area (Å²) < 4.78 is 16.8. The number of aliphatic carboxylic acids is 1. The molecule has 1 heterocycles. The SMILES string of the molecule is COc1cc(CCC(=O)O)c2c(c1OC)C=CC(C)(C)O2. The van der Waals surface area contributed by atoms with Gasteiger partial charge >= 0.3 is 5.97 Å². The number of hydrogen-bond donors (Lipinski definition) is 1. The third-order valence-electron chi connectivity index (χ3n) is 3.36. The van der Waals surface area contributed by atoms with E-state index in [1.54, 1.807) is 20.3 Å². The molecule has 0 unspecified atom stereocenters. The van der Waals surface area contributed by atoms with Crippen LogP contribution in [0, 0.1) is 0 Å². The molecule has 1 aliphatic heterocycles. The van der Waals surface area contributed by atoms with E-state index in [4.69, 9.17) is 19.3 Å². The quantitative estimate of drug-likeness (QED) is 0.904. The Bertz CT molecular complexity index is 587. The summed E-state index contributed by atoms with van der Waals surface area (Å²) in [5.74, 6) is 0.994. The van der Waals surface area contributed by atoms with E-state index in [9.17, 15) is 4.79 Å². The molecular formula is C16H20O5. The van der Waals surface area contributed by atoms with Gasteiger partial charge in [-0.3, -0.25) is 4.79 Å². The Morgan fingerprint density at radius 2 is 2.05 bits per heavy atom. The van der Waals surface area contributed by atoms with E-state index in [-0.39, 0.29) is 6.42 Å². The molecule has 0 saturated carbocycles. The van der Waals surface area contributed by atoms with E-state index in [2.05, 4.69) is 0 Å². The molecule has 1 aromatic carbocycles. The average molecular weight is 292 g/mol. The largest absolute Gasteiger partial charge is 0.493 e. The van der Waals surface area contributed by atoms with E-state index in [1.807, 2.05) is 26.0 Å². The normalized spacial score (nSPS) is 15.0. The van der Waals surface area contributed by atoms with Crippen molar-refractivity contribution in [3.63, 3.8) is 0 Å². The van der Waals surface area contributed by atoms with Crippen LogP contribution in [0.2, 0.25) is 0 Å². The first kappa shape index (κ1) is 15.2. The second-order valence-corrected chi connectivity index (χ2v) is 5.45. The number of fused-ring (bicyclic) bond motifs is 1. The fraction of sp³-hybridized carbons (Fsp3) is 0.438. The van der Waals surface area contributed by atoms with Gasteiger partial charge < -0.3 is 19.3 Å². The van der Waals surface area contributed by atoms with Gasteiger partial charge in [0.15, 0.2) is 11.5 Å². The smallest absolute Gasteiger partial charge is 0.303 e. The molecule has 2 rings (SSSR count). The molecule has 1 N–H and O–H groups in total. The number of carboxylic acid groups (broad SMARTS) is 1. The van der Waals surface area contributed by atoms with Gasteiger partial charge in [0.2, 0.25) is 0 Å². The van der Waals surface area contributed by atoms with Crippen LogP contribution < -0.4 is 14.2 Å². The van der Waals surface area contributed by atoms with Crippen LogP contribution in [0.25, 0.3) is 6.08 Å². The molecule has 1 aromatic rings. The molecule has 21 heavy (non-hydrogen) atoms. The van der Waals surface area contributed by atoms with Crippen molar-refractivity contribution in [1.29, 1.82) is 0 Å². The predicted molar refractivity (Wildman–Crippen MR) is 79.2 cm³/mol. The summed E-state index contributed by atoms with van der Waals surface area (Å²) in [5, 5.41) is 8.90. The lowest BCUT2D eigenvalue weighted by atomic mass is 9.96. The number of carboxylic acids is 1. The van der Waals surface area contributed by atoms with E-state index in [1.165, 1.54) is 0 Å². The summed E-state index contributed by atoms with van der Waals surface area (Å²) in [6.45, 7) is 3.90. The highest BCUT2D eigenvalue weighted by Crippen LogP contribution is 2.45. The van der Waals surface area contributed by atoms with Gasteiger partial charge in [-0.2, -0.15) is 0 Å². The molecule has 0 saturated heterocycles. The van der Waals surface area contributed by atoms with E-state index in [0.717, 1.165) is 11.1 Å². The lowest BCUT2D eigenvalue weighted by Crippen LogP contribution is -2.28. The van der Waals surface area contributed by atoms with Crippen LogP contribution in [0.15, 0.2) is 12.1 Å². The van der Waals surface area contributed by atoms with Crippen molar-refractivity contribution in [3.8, 4) is 17.2 Å². The predicted octanol–water partition coefficient (Wildman–Crippen LogP) is 2.91. The molecule has 0 bridgehead atoms. The molecule has 5 nitrogen and oxygen atoms in total. The topological polar surface area (TPSA) is 65.0 Å². The number of methoxy groups -OCH3 is 2. The number of carbonyl (C=O) groups is 1. The van der Waals surface area contributed by atoms with Gasteiger partial charge in [0, 0.05) is 6.42 Å². The summed E-state index contributed by atoms with van der Waals surface area (Å²) >= 11 is 0. The number of aryl methyl sites for hydroxylation is 1. The number of rotatable bonds is 5. The first-order chi connectivity index (χ1) is 9.88. The maximum atomic E-state index is 10.8. The van der Waals surface area contributed by atoms with Crippen molar-refractivity contribution >= 4 is 12.0 Å². The van der Waals surface area contributed by atoms with E-state index in [0.29, 0.717) is 23.7 Å². The van der Waals surface area contributed by atoms with Crippen molar-refractivity contribution < 1.29 is 24.1 Å². The van der Waals surface area contributed by atoms with Crippen LogP contribution in [-0.4, -0.2) is 30.9 Å². The van der Waals surface area contributed by atoms with Gasteiger partial charge in [-0.25, -0.2) is 0 Å². The molecule has 0 atom stereocenters. The van der Waals surface area contributed by atoms with Crippen LogP contribution in [-0.2, 0) is 11.2 Å². The van der Waals surface area contributed by atoms with Gasteiger partial charge in [0.1, 0.15) is 11.4 Å². The third kappa shape index (κ3) is 3.12. The first-order valence-electron chi connectivity index (χ1n) is 6.76. The summed E-state index contributed by atoms with van der Waals surface area (Å²) in [5.41, 5.74) is 1.16. The van der Waals surface area contributed by atoms with Crippen molar-refractivity contribution in [2.75, 3.05) is 14.2 Å². The zero-order valence-corrected chi connectivity index (χ0v) is 12.7. The van der Waals surface area contributed by atoms with E-state index >= 15 is 0 Å². The second kappa shape index (κ2) is 5.68. The zero-order chi connectivity index (χ0) is 15.6. The van der Waals surface area contributed by atoms with Crippen LogP contribution in [0.3, 0.4) is 0 Å². The Balaban J connectivity index is 2.55.